The predicted molar refractivity (Wildman–Crippen MR) is 67.9 cm³/mol. The molecule has 2 atom stereocenters. The minimum atomic E-state index is -0.0972. The van der Waals surface area contributed by atoms with Crippen molar-refractivity contribution in [1.29, 1.82) is 0 Å². The van der Waals surface area contributed by atoms with E-state index in [2.05, 4.69) is 10.4 Å². The topological polar surface area (TPSA) is 60.2 Å². The average Bonchev–Trinajstić information content (AvgIpc) is 2.34. The third kappa shape index (κ3) is 3.09. The van der Waals surface area contributed by atoms with Crippen LogP contribution in [-0.2, 0) is 4.74 Å². The highest BCUT2D eigenvalue weighted by molar-refractivity contribution is 6.34. The number of rotatable bonds is 3. The Kier molecular flexibility index (Phi) is 4.59. The van der Waals surface area contributed by atoms with Gasteiger partial charge in [-0.05, 0) is 18.9 Å². The molecule has 94 valence electrons. The molecule has 2 heterocycles. The van der Waals surface area contributed by atoms with Crippen LogP contribution in [-0.4, -0.2) is 18.2 Å². The first-order valence-corrected chi connectivity index (χ1v) is 6.32. The summed E-state index contributed by atoms with van der Waals surface area (Å²) in [5.74, 6) is 5.90. The Morgan fingerprint density at radius 2 is 2.35 bits per heavy atom. The van der Waals surface area contributed by atoms with Crippen molar-refractivity contribution >= 4 is 23.2 Å². The van der Waals surface area contributed by atoms with Crippen molar-refractivity contribution in [1.82, 2.24) is 10.4 Å². The lowest BCUT2D eigenvalue weighted by Gasteiger charge is -2.29. The van der Waals surface area contributed by atoms with Crippen molar-refractivity contribution < 1.29 is 4.74 Å². The lowest BCUT2D eigenvalue weighted by Crippen LogP contribution is -2.37. The average molecular weight is 276 g/mol. The van der Waals surface area contributed by atoms with Gasteiger partial charge in [-0.1, -0.05) is 23.2 Å². The maximum absolute atomic E-state index is 6.14. The SMILES string of the molecule is NNC(c1ncc(Cl)cc1Cl)C1CCCOC1. The van der Waals surface area contributed by atoms with Crippen molar-refractivity contribution in [2.24, 2.45) is 11.8 Å². The van der Waals surface area contributed by atoms with Gasteiger partial charge >= 0.3 is 0 Å². The summed E-state index contributed by atoms with van der Waals surface area (Å²) in [6.07, 6.45) is 3.67. The van der Waals surface area contributed by atoms with Gasteiger partial charge in [-0.2, -0.15) is 0 Å². The van der Waals surface area contributed by atoms with E-state index in [0.29, 0.717) is 22.6 Å². The van der Waals surface area contributed by atoms with E-state index in [4.69, 9.17) is 33.8 Å². The van der Waals surface area contributed by atoms with Gasteiger partial charge in [0.15, 0.2) is 0 Å². The van der Waals surface area contributed by atoms with Gasteiger partial charge in [-0.15, -0.1) is 0 Å². The van der Waals surface area contributed by atoms with Crippen LogP contribution in [0.5, 0.6) is 0 Å². The lowest BCUT2D eigenvalue weighted by molar-refractivity contribution is 0.0384. The molecule has 0 aromatic carbocycles. The van der Waals surface area contributed by atoms with Crippen LogP contribution in [0.15, 0.2) is 12.3 Å². The van der Waals surface area contributed by atoms with Crippen LogP contribution in [0.4, 0.5) is 0 Å². The van der Waals surface area contributed by atoms with Crippen LogP contribution in [0.1, 0.15) is 24.6 Å². The van der Waals surface area contributed by atoms with Gasteiger partial charge in [-0.25, -0.2) is 0 Å². The Balaban J connectivity index is 2.21. The first-order chi connectivity index (χ1) is 8.22. The number of ether oxygens (including phenoxy) is 1. The van der Waals surface area contributed by atoms with Crippen molar-refractivity contribution in [3.05, 3.63) is 28.0 Å². The number of nitrogens with zero attached hydrogens (tertiary/aromatic N) is 1. The van der Waals surface area contributed by atoms with Gasteiger partial charge in [0.2, 0.25) is 0 Å². The number of pyridine rings is 1. The second-order valence-electron chi connectivity index (χ2n) is 4.14. The van der Waals surface area contributed by atoms with E-state index in [1.54, 1.807) is 12.3 Å². The van der Waals surface area contributed by atoms with Crippen LogP contribution in [0.2, 0.25) is 10.0 Å². The van der Waals surface area contributed by atoms with Crippen LogP contribution >= 0.6 is 23.2 Å². The van der Waals surface area contributed by atoms with E-state index in [0.717, 1.165) is 25.1 Å². The van der Waals surface area contributed by atoms with E-state index in [-0.39, 0.29) is 6.04 Å². The second-order valence-corrected chi connectivity index (χ2v) is 4.99. The molecule has 6 heteroatoms. The summed E-state index contributed by atoms with van der Waals surface area (Å²) < 4.78 is 5.46. The Bertz CT molecular complexity index is 383. The minimum absolute atomic E-state index is 0.0972. The molecule has 4 nitrogen and oxygen atoms in total. The van der Waals surface area contributed by atoms with E-state index < -0.39 is 0 Å². The fourth-order valence-electron chi connectivity index (χ4n) is 2.12. The Labute approximate surface area is 110 Å². The summed E-state index contributed by atoms with van der Waals surface area (Å²) in [6.45, 7) is 1.49. The molecule has 1 aromatic rings. The zero-order valence-electron chi connectivity index (χ0n) is 9.33. The van der Waals surface area contributed by atoms with E-state index in [9.17, 15) is 0 Å². The van der Waals surface area contributed by atoms with Crippen LogP contribution in [0.3, 0.4) is 0 Å². The number of nitrogens with one attached hydrogen (secondary N) is 1. The van der Waals surface area contributed by atoms with Gasteiger partial charge in [0.05, 0.1) is 28.4 Å². The molecule has 2 rings (SSSR count). The number of nitrogens with two attached hydrogens (primary N) is 1. The number of hydrogen-bond acceptors (Lipinski definition) is 4. The normalized spacial score (nSPS) is 22.4. The van der Waals surface area contributed by atoms with E-state index in [1.165, 1.54) is 0 Å². The maximum atomic E-state index is 6.14. The third-order valence-corrected chi connectivity index (χ3v) is 3.49. The summed E-state index contributed by atoms with van der Waals surface area (Å²) in [7, 11) is 0. The minimum Gasteiger partial charge on any atom is -0.381 e. The molecule has 0 saturated carbocycles. The Morgan fingerprint density at radius 3 is 2.94 bits per heavy atom. The molecule has 2 unspecified atom stereocenters. The summed E-state index contributed by atoms with van der Waals surface area (Å²) in [4.78, 5) is 4.26. The highest BCUT2D eigenvalue weighted by Crippen LogP contribution is 2.31. The van der Waals surface area contributed by atoms with Crippen molar-refractivity contribution in [2.75, 3.05) is 13.2 Å². The van der Waals surface area contributed by atoms with Gasteiger partial charge in [0.1, 0.15) is 0 Å². The van der Waals surface area contributed by atoms with Gasteiger partial charge < -0.3 is 4.74 Å². The van der Waals surface area contributed by atoms with Gasteiger partial charge in [0, 0.05) is 18.7 Å². The maximum Gasteiger partial charge on any atom is 0.0777 e. The molecular weight excluding hydrogens is 261 g/mol. The molecule has 3 N–H and O–H groups in total. The number of halogens is 2. The molecule has 1 aliphatic heterocycles. The molecule has 1 aromatic heterocycles. The molecule has 0 amide bonds. The zero-order valence-corrected chi connectivity index (χ0v) is 10.8. The summed E-state index contributed by atoms with van der Waals surface area (Å²) in [5, 5.41) is 1.06. The largest absolute Gasteiger partial charge is 0.381 e. The molecule has 17 heavy (non-hydrogen) atoms. The third-order valence-electron chi connectivity index (χ3n) is 2.98. The first-order valence-electron chi connectivity index (χ1n) is 5.57. The summed E-state index contributed by atoms with van der Waals surface area (Å²) >= 11 is 12.0. The second kappa shape index (κ2) is 5.98. The van der Waals surface area contributed by atoms with Crippen LogP contribution in [0, 0.1) is 5.92 Å². The predicted octanol–water partition coefficient (Wildman–Crippen LogP) is 2.32. The summed E-state index contributed by atoms with van der Waals surface area (Å²) in [6, 6.07) is 1.58. The molecule has 1 fully saturated rings. The Hall–Kier alpha value is -0.390. The van der Waals surface area contributed by atoms with Crippen LogP contribution < -0.4 is 11.3 Å². The van der Waals surface area contributed by atoms with E-state index >= 15 is 0 Å². The smallest absolute Gasteiger partial charge is 0.0777 e. The fraction of sp³-hybridized carbons (Fsp3) is 0.545. The Morgan fingerprint density at radius 1 is 1.53 bits per heavy atom. The first kappa shape index (κ1) is 13.1. The van der Waals surface area contributed by atoms with Crippen molar-refractivity contribution in [3.63, 3.8) is 0 Å². The molecular formula is C11H15Cl2N3O. The highest BCUT2D eigenvalue weighted by atomic mass is 35.5. The number of hydrogen-bond donors (Lipinski definition) is 2. The summed E-state index contributed by atoms with van der Waals surface area (Å²) in [5.41, 5.74) is 3.51. The van der Waals surface area contributed by atoms with Gasteiger partial charge in [0.25, 0.3) is 0 Å². The molecule has 1 aliphatic rings. The molecule has 1 saturated heterocycles. The number of aromatic nitrogens is 1. The van der Waals surface area contributed by atoms with Crippen molar-refractivity contribution in [3.8, 4) is 0 Å². The van der Waals surface area contributed by atoms with Crippen molar-refractivity contribution in [2.45, 2.75) is 18.9 Å². The quantitative estimate of drug-likeness (QED) is 0.657. The fourth-order valence-corrected chi connectivity index (χ4v) is 2.62. The van der Waals surface area contributed by atoms with Gasteiger partial charge in [-0.3, -0.25) is 16.3 Å². The molecule has 0 radical (unpaired) electrons. The molecule has 0 spiro atoms. The zero-order chi connectivity index (χ0) is 12.3. The lowest BCUT2D eigenvalue weighted by atomic mass is 9.91. The standard InChI is InChI=1S/C11H15Cl2N3O/c12-8-4-9(13)11(15-5-8)10(16-14)7-2-1-3-17-6-7/h4-5,7,10,16H,1-3,6,14H2. The van der Waals surface area contributed by atoms with Crippen LogP contribution in [0.25, 0.3) is 0 Å². The number of hydrazine groups is 1. The highest BCUT2D eigenvalue weighted by Gasteiger charge is 2.27. The molecule has 0 aliphatic carbocycles. The molecule has 0 bridgehead atoms. The monoisotopic (exact) mass is 275 g/mol. The van der Waals surface area contributed by atoms with E-state index in [1.807, 2.05) is 0 Å².